The van der Waals surface area contributed by atoms with Gasteiger partial charge < -0.3 is 56.3 Å². The number of imidazole rings is 3. The first-order valence-electron chi connectivity index (χ1n) is 46.5. The van der Waals surface area contributed by atoms with Gasteiger partial charge in [-0.3, -0.25) is 0 Å². The first kappa shape index (κ1) is 94.4. The van der Waals surface area contributed by atoms with Gasteiger partial charge in [0.05, 0.1) is 57.0 Å². The van der Waals surface area contributed by atoms with E-state index in [9.17, 15) is 0 Å². The fourth-order valence-electron chi connectivity index (χ4n) is 17.4. The standard InChI is InChI=1S/C111H129N15O9/c1-106(2,3)82-25-31-94(32-26-82)130-64-88-61-124(118-115-88)91-55-76-43-70-49-85(109(10,11)12)51-72(103(70)133-67-97-112-37-40-121(97)19)45-78-57-92(125-62-89(116-119-125)65-131-95-33-27-83(28-34-95)107(4,5)6)59-80(101(78)128-23)47-74-53-87(111(16,17)18)54-75(105(74)135-69-99-114-39-42-123(99)21)48-81-60-93(126-63-90(117-120-126)66-132-96-35-29-84(30-36-96)108(7,8)9)58-79(102(81)129-24)46-73-52-86(110(13,14)15)50-71(44-77(56-91)100(76)127-22)104(73)134-68-98-113-38-41-122(98)20/h25-42,49-63H,43-48,64-69H2,1-24H3. The molecule has 24 nitrogen and oxygen atoms in total. The van der Waals surface area contributed by atoms with Gasteiger partial charge in [-0.2, -0.15) is 0 Å². The molecule has 1 aliphatic rings. The zero-order valence-corrected chi connectivity index (χ0v) is 82.9. The molecule has 1 aliphatic carbocycles. The maximum atomic E-state index is 7.52. The number of aryl methyl sites for hydroxylation is 3. The number of rotatable bonds is 24. The highest BCUT2D eigenvalue weighted by molar-refractivity contribution is 5.64. The minimum absolute atomic E-state index is 0.0293. The van der Waals surface area contributed by atoms with Crippen molar-refractivity contribution in [3.8, 4) is 68.8 Å². The molecule has 24 heteroatoms. The average molecular weight is 1820 g/mol. The third-order valence-corrected chi connectivity index (χ3v) is 25.4. The highest BCUT2D eigenvalue weighted by Crippen LogP contribution is 2.47. The number of hydrogen-bond acceptors (Lipinski definition) is 18. The van der Waals surface area contributed by atoms with Crippen molar-refractivity contribution in [2.24, 2.45) is 21.1 Å². The van der Waals surface area contributed by atoms with Crippen LogP contribution in [-0.4, -0.2) is 95.0 Å². The number of ether oxygens (including phenoxy) is 9. The molecule has 16 rings (SSSR count). The van der Waals surface area contributed by atoms with Gasteiger partial charge in [-0.05, 0) is 172 Å². The van der Waals surface area contributed by atoms with Gasteiger partial charge in [-0.1, -0.05) is 213 Å². The molecule has 0 fully saturated rings. The van der Waals surface area contributed by atoms with Gasteiger partial charge in [0.25, 0.3) is 0 Å². The summed E-state index contributed by atoms with van der Waals surface area (Å²) in [5, 5.41) is 29.2. The molecule has 6 heterocycles. The lowest BCUT2D eigenvalue weighted by atomic mass is 9.81. The van der Waals surface area contributed by atoms with Crippen molar-refractivity contribution in [2.75, 3.05) is 21.3 Å². The van der Waals surface area contributed by atoms with Crippen LogP contribution < -0.4 is 42.6 Å². The van der Waals surface area contributed by atoms with E-state index in [0.29, 0.717) is 90.1 Å². The molecule has 0 atom stereocenters. The second kappa shape index (κ2) is 38.3. The van der Waals surface area contributed by atoms with Crippen LogP contribution in [0.15, 0.2) is 201 Å². The second-order valence-electron chi connectivity index (χ2n) is 42.0. The zero-order chi connectivity index (χ0) is 95.8. The van der Waals surface area contributed by atoms with E-state index >= 15 is 0 Å². The van der Waals surface area contributed by atoms with Crippen molar-refractivity contribution in [3.05, 3.63) is 336 Å². The van der Waals surface area contributed by atoms with E-state index in [1.807, 2.05) is 122 Å². The summed E-state index contributed by atoms with van der Waals surface area (Å²) in [5.74, 6) is 8.41. The fourth-order valence-corrected chi connectivity index (χ4v) is 17.4. The van der Waals surface area contributed by atoms with Gasteiger partial charge in [0, 0.05) is 130 Å². The Bertz CT molecular complexity index is 5960. The molecule has 702 valence electrons. The van der Waals surface area contributed by atoms with Crippen molar-refractivity contribution in [3.63, 3.8) is 0 Å². The summed E-state index contributed by atoms with van der Waals surface area (Å²) < 4.78 is 74.6. The lowest BCUT2D eigenvalue weighted by Gasteiger charge is -2.27. The number of nitrogens with zero attached hydrogens (tertiary/aromatic N) is 15. The summed E-state index contributed by atoms with van der Waals surface area (Å²) in [7, 11) is 11.3. The molecule has 0 N–H and O–H groups in total. The van der Waals surface area contributed by atoms with Crippen LogP contribution in [0.3, 0.4) is 0 Å². The van der Waals surface area contributed by atoms with Crippen LogP contribution in [0.4, 0.5) is 0 Å². The Morgan fingerprint density at radius 3 is 0.644 bits per heavy atom. The van der Waals surface area contributed by atoms with Gasteiger partial charge in [-0.15, -0.1) is 15.3 Å². The molecule has 0 radical (unpaired) electrons. The first-order chi connectivity index (χ1) is 64.2. The molecule has 15 aromatic rings. The summed E-state index contributed by atoms with van der Waals surface area (Å²) in [6.07, 6.45) is 18.9. The van der Waals surface area contributed by atoms with Crippen LogP contribution >= 0.6 is 0 Å². The summed E-state index contributed by atoms with van der Waals surface area (Å²) in [5.41, 5.74) is 20.3. The Balaban J connectivity index is 0.955. The monoisotopic (exact) mass is 1820 g/mol. The summed E-state index contributed by atoms with van der Waals surface area (Å²) >= 11 is 0. The van der Waals surface area contributed by atoms with E-state index in [2.05, 4.69) is 234 Å². The van der Waals surface area contributed by atoms with E-state index < -0.39 is 16.2 Å². The van der Waals surface area contributed by atoms with Crippen LogP contribution in [-0.2, 0) is 132 Å². The van der Waals surface area contributed by atoms with Gasteiger partial charge in [0.2, 0.25) is 0 Å². The topological polar surface area (TPSA) is 229 Å². The lowest BCUT2D eigenvalue weighted by molar-refractivity contribution is 0.286. The van der Waals surface area contributed by atoms with E-state index in [4.69, 9.17) is 88.5 Å². The highest BCUT2D eigenvalue weighted by atomic mass is 16.5. The number of hydrogen-bond donors (Lipinski definition) is 0. The van der Waals surface area contributed by atoms with Crippen LogP contribution in [0, 0.1) is 0 Å². The molecule has 12 bridgehead atoms. The van der Waals surface area contributed by atoms with Crippen molar-refractivity contribution in [2.45, 2.75) is 235 Å². The second-order valence-corrected chi connectivity index (χ2v) is 42.0. The predicted molar refractivity (Wildman–Crippen MR) is 527 cm³/mol. The maximum Gasteiger partial charge on any atom is 0.146 e. The normalized spacial score (nSPS) is 12.9. The number of methoxy groups -OCH3 is 3. The smallest absolute Gasteiger partial charge is 0.146 e. The SMILES string of the molecule is COc1c2cc(-n3cc(COc4ccc(C(C)(C)C)cc4)nn3)cc1Cc1cc(C(C)(C)C)cc(c1OCc1nccn1C)Cc1cc(-n3cc(COc4ccc(C(C)(C)C)cc4)nn3)cc(c1OC)Cc1cc(C(C)(C)C)cc(c1OCc1nccn1C)Cc1cc(-n3cc(COc4ccc(C(C)(C)C)cc4)nn3)cc(c1OC)Cc1cc(C(C)(C)C)cc(c1OCc1nccn1C)C2. The van der Waals surface area contributed by atoms with E-state index in [1.165, 1.54) is 16.7 Å². The third kappa shape index (κ3) is 21.9. The predicted octanol–water partition coefficient (Wildman–Crippen LogP) is 21.8. The highest BCUT2D eigenvalue weighted by Gasteiger charge is 2.32. The average Bonchev–Trinajstić information content (AvgIpc) is 1.44. The van der Waals surface area contributed by atoms with Gasteiger partial charge >= 0.3 is 0 Å². The number of aromatic nitrogens is 15. The maximum absolute atomic E-state index is 7.52. The lowest BCUT2D eigenvalue weighted by Crippen LogP contribution is -2.16. The van der Waals surface area contributed by atoms with Gasteiger partial charge in [-0.25, -0.2) is 29.0 Å². The largest absolute Gasteiger partial charge is 0.496 e. The molecule has 0 saturated carbocycles. The van der Waals surface area contributed by atoms with Gasteiger partial charge in [0.15, 0.2) is 0 Å². The number of fused-ring (bicyclic) bond motifs is 12. The molecule has 0 amide bonds. The third-order valence-electron chi connectivity index (χ3n) is 25.4. The van der Waals surface area contributed by atoms with Crippen molar-refractivity contribution < 1.29 is 42.6 Å². The number of benzene rings is 9. The summed E-state index contributed by atoms with van der Waals surface area (Å²) in [4.78, 5) is 14.6. The first-order valence-corrected chi connectivity index (χ1v) is 46.5. The Morgan fingerprint density at radius 2 is 0.459 bits per heavy atom. The van der Waals surface area contributed by atoms with Crippen LogP contribution in [0.2, 0.25) is 0 Å². The van der Waals surface area contributed by atoms with E-state index in [-0.39, 0.29) is 55.9 Å². The Labute approximate surface area is 794 Å². The van der Waals surface area contributed by atoms with Crippen molar-refractivity contribution >= 4 is 0 Å². The minimum atomic E-state index is -0.399. The van der Waals surface area contributed by atoms with Gasteiger partial charge in [0.1, 0.15) is 126 Å². The summed E-state index contributed by atoms with van der Waals surface area (Å²) in [6, 6.07) is 51.6. The minimum Gasteiger partial charge on any atom is -0.496 e. The van der Waals surface area contributed by atoms with E-state index in [0.717, 1.165) is 135 Å². The zero-order valence-electron chi connectivity index (χ0n) is 82.9. The molecule has 9 aromatic carbocycles. The summed E-state index contributed by atoms with van der Waals surface area (Å²) in [6.45, 7) is 41.1. The van der Waals surface area contributed by atoms with Crippen molar-refractivity contribution in [1.82, 2.24) is 73.6 Å². The Kier molecular flexibility index (Phi) is 26.8. The van der Waals surface area contributed by atoms with Crippen LogP contribution in [0.1, 0.15) is 259 Å². The Hall–Kier alpha value is -13.8. The molecule has 135 heavy (non-hydrogen) atoms. The van der Waals surface area contributed by atoms with Crippen molar-refractivity contribution in [1.29, 1.82) is 0 Å². The quantitative estimate of drug-likeness (QED) is 0.0547. The van der Waals surface area contributed by atoms with Crippen LogP contribution in [0.25, 0.3) is 17.1 Å². The Morgan fingerprint density at radius 1 is 0.252 bits per heavy atom. The molecule has 0 aliphatic heterocycles. The molecule has 0 spiro atoms. The molecular weight excluding hydrogens is 1690 g/mol. The fraction of sp³-hybridized carbons (Fsp3) is 0.378. The molecule has 0 unspecified atom stereocenters. The van der Waals surface area contributed by atoms with Crippen LogP contribution in [0.5, 0.6) is 51.7 Å². The van der Waals surface area contributed by atoms with E-state index in [1.54, 1.807) is 39.9 Å². The molecule has 0 saturated heterocycles. The molecule has 6 aromatic heterocycles. The molecular formula is C111H129N15O9.